The molecule has 3 nitrogen and oxygen atoms in total. The number of hydrogen-bond donors (Lipinski definition) is 0. The lowest BCUT2D eigenvalue weighted by Gasteiger charge is -2.33. The largest absolute Gasteiger partial charge is 0.476 e. The van der Waals surface area contributed by atoms with Crippen LogP contribution in [0.2, 0.25) is 37.3 Å². The molecule has 0 atom stereocenters. The highest BCUT2D eigenvalue weighted by molar-refractivity contribution is 6.92. The van der Waals surface area contributed by atoms with Crippen molar-refractivity contribution in [2.75, 3.05) is 39.8 Å². The summed E-state index contributed by atoms with van der Waals surface area (Å²) < 4.78 is 6.55. The van der Waals surface area contributed by atoms with Crippen LogP contribution in [0.1, 0.15) is 27.2 Å². The standard InChI is InChI=1S/C20H40N2OSi2/c1-7-25(8-2,9-3)20-12-11-19(23-20)24(5,6)18-10-13-22-16-14-21(4)15-17-22/h11-12H,7-10,13-18H2,1-6H3. The SMILES string of the molecule is CC[Si](CC)(CC)c1ccc([Si](C)(C)CCCN2CCN(C)CC2)o1. The van der Waals surface area contributed by atoms with Gasteiger partial charge >= 0.3 is 0 Å². The highest BCUT2D eigenvalue weighted by atomic mass is 28.3. The van der Waals surface area contributed by atoms with Gasteiger partial charge in [0.05, 0.1) is 10.8 Å². The molecule has 0 radical (unpaired) electrons. The summed E-state index contributed by atoms with van der Waals surface area (Å²) in [6.45, 7) is 18.2. The normalized spacial score (nSPS) is 18.0. The molecular weight excluding hydrogens is 340 g/mol. The second kappa shape index (κ2) is 9.02. The van der Waals surface area contributed by atoms with Crippen LogP contribution in [-0.4, -0.2) is 65.7 Å². The van der Waals surface area contributed by atoms with E-state index in [1.165, 1.54) is 74.1 Å². The van der Waals surface area contributed by atoms with Crippen LogP contribution in [0.4, 0.5) is 0 Å². The predicted molar refractivity (Wildman–Crippen MR) is 116 cm³/mol. The zero-order valence-corrected chi connectivity index (χ0v) is 19.5. The summed E-state index contributed by atoms with van der Waals surface area (Å²) in [4.78, 5) is 5.08. The Hall–Kier alpha value is -0.366. The molecule has 5 heteroatoms. The van der Waals surface area contributed by atoms with Gasteiger partial charge in [0.25, 0.3) is 0 Å². The van der Waals surface area contributed by atoms with E-state index in [2.05, 4.69) is 62.8 Å². The molecule has 0 aromatic carbocycles. The van der Waals surface area contributed by atoms with Crippen molar-refractivity contribution in [3.8, 4) is 0 Å². The van der Waals surface area contributed by atoms with Crippen molar-refractivity contribution >= 4 is 26.9 Å². The second-order valence-electron chi connectivity index (χ2n) is 8.64. The van der Waals surface area contributed by atoms with Crippen LogP contribution in [0, 0.1) is 0 Å². The molecule has 1 saturated heterocycles. The highest BCUT2D eigenvalue weighted by Crippen LogP contribution is 2.21. The van der Waals surface area contributed by atoms with E-state index in [4.69, 9.17) is 4.42 Å². The smallest absolute Gasteiger partial charge is 0.131 e. The first-order chi connectivity index (χ1) is 11.9. The third kappa shape index (κ3) is 5.09. The topological polar surface area (TPSA) is 19.6 Å². The van der Waals surface area contributed by atoms with Gasteiger partial charge in [-0.2, -0.15) is 0 Å². The summed E-state index contributed by atoms with van der Waals surface area (Å²) in [6.07, 6.45) is 1.32. The molecule has 2 rings (SSSR count). The molecule has 2 heterocycles. The van der Waals surface area contributed by atoms with E-state index in [0.717, 1.165) is 0 Å². The van der Waals surface area contributed by atoms with Gasteiger partial charge in [0.2, 0.25) is 0 Å². The predicted octanol–water partition coefficient (Wildman–Crippen LogP) is 3.55. The van der Waals surface area contributed by atoms with Gasteiger partial charge in [0.1, 0.15) is 16.1 Å². The van der Waals surface area contributed by atoms with E-state index < -0.39 is 16.1 Å². The van der Waals surface area contributed by atoms with Crippen LogP contribution in [0.25, 0.3) is 0 Å². The van der Waals surface area contributed by atoms with Gasteiger partial charge in [-0.1, -0.05) is 52.0 Å². The number of likely N-dealkylation sites (N-methyl/N-ethyl adjacent to an activating group) is 1. The summed E-state index contributed by atoms with van der Waals surface area (Å²) in [6, 6.07) is 9.92. The molecule has 0 unspecified atom stereocenters. The molecule has 1 aromatic heterocycles. The first kappa shape index (κ1) is 20.9. The van der Waals surface area contributed by atoms with Crippen LogP contribution in [0.5, 0.6) is 0 Å². The summed E-state index contributed by atoms with van der Waals surface area (Å²) in [5.41, 5.74) is 0. The van der Waals surface area contributed by atoms with Gasteiger partial charge in [0.15, 0.2) is 0 Å². The molecule has 0 amide bonds. The Balaban J connectivity index is 1.93. The molecule has 1 fully saturated rings. The number of hydrogen-bond acceptors (Lipinski definition) is 3. The quantitative estimate of drug-likeness (QED) is 0.611. The van der Waals surface area contributed by atoms with Crippen LogP contribution in [0.15, 0.2) is 16.5 Å². The van der Waals surface area contributed by atoms with Gasteiger partial charge in [-0.05, 0) is 38.2 Å². The first-order valence-corrected chi connectivity index (χ1v) is 16.2. The zero-order chi connectivity index (χ0) is 18.5. The average Bonchev–Trinajstić information content (AvgIpc) is 3.10. The minimum absolute atomic E-state index is 1.22. The number of nitrogens with zero attached hydrogens (tertiary/aromatic N) is 2. The van der Waals surface area contributed by atoms with Crippen LogP contribution in [0.3, 0.4) is 0 Å². The molecule has 1 aliphatic rings. The number of piperazine rings is 1. The second-order valence-corrected chi connectivity index (χ2v) is 18.6. The van der Waals surface area contributed by atoms with Crippen LogP contribution >= 0.6 is 0 Å². The van der Waals surface area contributed by atoms with E-state index >= 15 is 0 Å². The molecule has 0 bridgehead atoms. The zero-order valence-electron chi connectivity index (χ0n) is 17.5. The summed E-state index contributed by atoms with van der Waals surface area (Å²) in [5.74, 6) is 0. The van der Waals surface area contributed by atoms with E-state index in [1.807, 2.05) is 0 Å². The number of furan rings is 1. The number of rotatable bonds is 9. The van der Waals surface area contributed by atoms with E-state index in [-0.39, 0.29) is 0 Å². The molecule has 0 aliphatic carbocycles. The maximum absolute atomic E-state index is 6.55. The average molecular weight is 381 g/mol. The van der Waals surface area contributed by atoms with Gasteiger partial charge < -0.3 is 14.2 Å². The van der Waals surface area contributed by atoms with E-state index in [1.54, 1.807) is 0 Å². The Bertz CT molecular complexity index is 509. The molecule has 25 heavy (non-hydrogen) atoms. The summed E-state index contributed by atoms with van der Waals surface area (Å²) >= 11 is 0. The first-order valence-electron chi connectivity index (χ1n) is 10.4. The van der Waals surface area contributed by atoms with Crippen molar-refractivity contribution in [2.45, 2.75) is 64.5 Å². The van der Waals surface area contributed by atoms with Crippen LogP contribution < -0.4 is 10.8 Å². The maximum atomic E-state index is 6.55. The summed E-state index contributed by atoms with van der Waals surface area (Å²) in [7, 11) is -0.598. The van der Waals surface area contributed by atoms with Gasteiger partial charge in [-0.25, -0.2) is 0 Å². The molecule has 0 N–H and O–H groups in total. The summed E-state index contributed by atoms with van der Waals surface area (Å²) in [5, 5.41) is 2.71. The van der Waals surface area contributed by atoms with Gasteiger partial charge in [-0.15, -0.1) is 0 Å². The van der Waals surface area contributed by atoms with Gasteiger partial charge in [0, 0.05) is 26.2 Å². The van der Waals surface area contributed by atoms with Crippen molar-refractivity contribution < 1.29 is 4.42 Å². The van der Waals surface area contributed by atoms with Crippen LogP contribution in [-0.2, 0) is 0 Å². The van der Waals surface area contributed by atoms with Crippen molar-refractivity contribution in [1.82, 2.24) is 9.80 Å². The molecule has 1 aliphatic heterocycles. The third-order valence-electron chi connectivity index (χ3n) is 6.70. The van der Waals surface area contributed by atoms with Crippen molar-refractivity contribution in [3.63, 3.8) is 0 Å². The lowest BCUT2D eigenvalue weighted by molar-refractivity contribution is 0.154. The molecular formula is C20H40N2OSi2. The fourth-order valence-electron chi connectivity index (χ4n) is 4.20. The van der Waals surface area contributed by atoms with Crippen molar-refractivity contribution in [2.24, 2.45) is 0 Å². The van der Waals surface area contributed by atoms with E-state index in [9.17, 15) is 0 Å². The Kier molecular flexibility index (Phi) is 7.56. The Morgan fingerprint density at radius 1 is 0.920 bits per heavy atom. The fourth-order valence-corrected chi connectivity index (χ4v) is 9.82. The molecule has 144 valence electrons. The Morgan fingerprint density at radius 3 is 2.04 bits per heavy atom. The van der Waals surface area contributed by atoms with E-state index in [0.29, 0.717) is 0 Å². The van der Waals surface area contributed by atoms with Crippen molar-refractivity contribution in [1.29, 1.82) is 0 Å². The molecule has 0 spiro atoms. The minimum atomic E-state index is -1.46. The van der Waals surface area contributed by atoms with Gasteiger partial charge in [-0.3, -0.25) is 0 Å². The maximum Gasteiger partial charge on any atom is 0.131 e. The Morgan fingerprint density at radius 2 is 1.48 bits per heavy atom. The highest BCUT2D eigenvalue weighted by Gasteiger charge is 2.35. The third-order valence-corrected chi connectivity index (χ3v) is 15.3. The lowest BCUT2D eigenvalue weighted by Crippen LogP contribution is -2.47. The fraction of sp³-hybridized carbons (Fsp3) is 0.800. The monoisotopic (exact) mass is 380 g/mol. The molecule has 0 saturated carbocycles. The molecule has 1 aromatic rings. The van der Waals surface area contributed by atoms with Crippen molar-refractivity contribution in [3.05, 3.63) is 12.1 Å². The minimum Gasteiger partial charge on any atom is -0.476 e. The Labute approximate surface area is 157 Å². The lowest BCUT2D eigenvalue weighted by atomic mass is 10.3.